The Labute approximate surface area is 283 Å². The SMILES string of the molecule is CC[C@@H](C)NC(=O)[C@@H](Cc1ccccc1)N(Cc1cccc(Br)c1)C(=O)CN(c1cccc(Cl)c1Cl)S(=O)(=O)c1ccccc1. The molecular weight excluding hydrogens is 697 g/mol. The number of benzene rings is 4. The molecule has 0 fully saturated rings. The van der Waals surface area contributed by atoms with E-state index in [-0.39, 0.29) is 45.5 Å². The van der Waals surface area contributed by atoms with Crippen LogP contribution in [0.25, 0.3) is 0 Å². The molecule has 0 saturated carbocycles. The van der Waals surface area contributed by atoms with Crippen LogP contribution in [-0.2, 0) is 32.6 Å². The molecule has 0 heterocycles. The maximum atomic E-state index is 14.5. The molecule has 0 unspecified atom stereocenters. The highest BCUT2D eigenvalue weighted by atomic mass is 79.9. The van der Waals surface area contributed by atoms with Crippen molar-refractivity contribution in [3.63, 3.8) is 0 Å². The van der Waals surface area contributed by atoms with Crippen LogP contribution < -0.4 is 9.62 Å². The predicted molar refractivity (Wildman–Crippen MR) is 184 cm³/mol. The maximum Gasteiger partial charge on any atom is 0.264 e. The van der Waals surface area contributed by atoms with E-state index in [4.69, 9.17) is 23.2 Å². The number of anilines is 1. The van der Waals surface area contributed by atoms with Crippen LogP contribution in [0, 0.1) is 0 Å². The molecule has 45 heavy (non-hydrogen) atoms. The highest BCUT2D eigenvalue weighted by Gasteiger charge is 2.35. The van der Waals surface area contributed by atoms with E-state index < -0.39 is 28.5 Å². The minimum atomic E-state index is -4.29. The number of nitrogens with one attached hydrogen (secondary N) is 1. The molecule has 2 atom stereocenters. The van der Waals surface area contributed by atoms with Gasteiger partial charge in [0.05, 0.1) is 20.6 Å². The summed E-state index contributed by atoms with van der Waals surface area (Å²) >= 11 is 16.4. The first-order chi connectivity index (χ1) is 21.5. The molecule has 4 rings (SSSR count). The molecule has 2 amide bonds. The number of sulfonamides is 1. The zero-order valence-corrected chi connectivity index (χ0v) is 28.8. The van der Waals surface area contributed by atoms with Crippen molar-refractivity contribution >= 4 is 66.7 Å². The van der Waals surface area contributed by atoms with Crippen LogP contribution >= 0.6 is 39.1 Å². The van der Waals surface area contributed by atoms with Crippen LogP contribution in [-0.4, -0.2) is 43.8 Å². The Morgan fingerprint density at radius 2 is 1.49 bits per heavy atom. The summed E-state index contributed by atoms with van der Waals surface area (Å²) in [6.45, 7) is 3.27. The van der Waals surface area contributed by atoms with Crippen LogP contribution in [0.4, 0.5) is 5.69 Å². The Bertz CT molecular complexity index is 1730. The summed E-state index contributed by atoms with van der Waals surface area (Å²) < 4.78 is 30.0. The molecule has 4 aromatic rings. The first-order valence-electron chi connectivity index (χ1n) is 14.4. The fourth-order valence-electron chi connectivity index (χ4n) is 4.75. The quantitative estimate of drug-likeness (QED) is 0.154. The summed E-state index contributed by atoms with van der Waals surface area (Å²) in [7, 11) is -4.29. The Morgan fingerprint density at radius 3 is 2.13 bits per heavy atom. The van der Waals surface area contributed by atoms with Crippen molar-refractivity contribution < 1.29 is 18.0 Å². The Kier molecular flexibility index (Phi) is 12.1. The molecule has 0 aromatic heterocycles. The van der Waals surface area contributed by atoms with Gasteiger partial charge in [-0.05, 0) is 60.9 Å². The van der Waals surface area contributed by atoms with Crippen molar-refractivity contribution in [1.29, 1.82) is 0 Å². The van der Waals surface area contributed by atoms with Crippen molar-refractivity contribution in [2.75, 3.05) is 10.8 Å². The van der Waals surface area contributed by atoms with Gasteiger partial charge in [-0.1, -0.05) is 113 Å². The molecule has 0 saturated heterocycles. The second-order valence-electron chi connectivity index (χ2n) is 10.6. The molecule has 0 spiro atoms. The van der Waals surface area contributed by atoms with Crippen LogP contribution in [0.1, 0.15) is 31.4 Å². The van der Waals surface area contributed by atoms with Crippen LogP contribution in [0.15, 0.2) is 112 Å². The number of hydrogen-bond acceptors (Lipinski definition) is 4. The van der Waals surface area contributed by atoms with Crippen molar-refractivity contribution in [2.24, 2.45) is 0 Å². The maximum absolute atomic E-state index is 14.5. The highest BCUT2D eigenvalue weighted by molar-refractivity contribution is 9.10. The lowest BCUT2D eigenvalue weighted by atomic mass is 10.0. The highest BCUT2D eigenvalue weighted by Crippen LogP contribution is 2.35. The van der Waals surface area contributed by atoms with E-state index in [0.29, 0.717) is 6.42 Å². The Morgan fingerprint density at radius 1 is 0.867 bits per heavy atom. The Balaban J connectivity index is 1.83. The average Bonchev–Trinajstić information content (AvgIpc) is 3.03. The standard InChI is InChI=1S/C34H34BrCl2N3O4S/c1-3-24(2)38-34(42)31(21-25-12-6-4-7-13-25)39(22-26-14-10-15-27(35)20-26)32(41)23-40(30-19-11-18-29(36)33(30)37)45(43,44)28-16-8-5-9-17-28/h4-20,24,31H,3,21-23H2,1-2H3,(H,38,42)/t24-,31-/m1/s1. The van der Waals surface area contributed by atoms with Crippen molar-refractivity contribution in [2.45, 2.75) is 50.2 Å². The summed E-state index contributed by atoms with van der Waals surface area (Å²) in [6.07, 6.45) is 0.909. The van der Waals surface area contributed by atoms with Gasteiger partial charge in [0, 0.05) is 23.5 Å². The lowest BCUT2D eigenvalue weighted by molar-refractivity contribution is -0.140. The molecule has 0 radical (unpaired) electrons. The van der Waals surface area contributed by atoms with Crippen molar-refractivity contribution in [3.05, 3.63) is 129 Å². The predicted octanol–water partition coefficient (Wildman–Crippen LogP) is 7.51. The van der Waals surface area contributed by atoms with E-state index in [1.165, 1.54) is 29.2 Å². The number of hydrogen-bond donors (Lipinski definition) is 1. The largest absolute Gasteiger partial charge is 0.352 e. The van der Waals surface area contributed by atoms with Gasteiger partial charge >= 0.3 is 0 Å². The summed E-state index contributed by atoms with van der Waals surface area (Å²) in [6, 6.07) is 28.1. The zero-order chi connectivity index (χ0) is 32.6. The second-order valence-corrected chi connectivity index (χ2v) is 14.1. The third kappa shape index (κ3) is 8.88. The molecular formula is C34H34BrCl2N3O4S. The monoisotopic (exact) mass is 729 g/mol. The topological polar surface area (TPSA) is 86.8 Å². The summed E-state index contributed by atoms with van der Waals surface area (Å²) in [4.78, 5) is 29.9. The lowest BCUT2D eigenvalue weighted by Crippen LogP contribution is -2.54. The first-order valence-corrected chi connectivity index (χ1v) is 17.4. The molecule has 1 N–H and O–H groups in total. The normalized spacial score (nSPS) is 12.6. The Hall–Kier alpha value is -3.37. The fraction of sp³-hybridized carbons (Fsp3) is 0.235. The van der Waals surface area contributed by atoms with E-state index in [0.717, 1.165) is 19.9 Å². The van der Waals surface area contributed by atoms with Gasteiger partial charge in [0.15, 0.2) is 0 Å². The van der Waals surface area contributed by atoms with Gasteiger partial charge in [0.25, 0.3) is 10.0 Å². The van der Waals surface area contributed by atoms with Crippen molar-refractivity contribution in [1.82, 2.24) is 10.2 Å². The number of halogens is 3. The number of rotatable bonds is 13. The summed E-state index contributed by atoms with van der Waals surface area (Å²) in [5, 5.41) is 3.15. The third-order valence-electron chi connectivity index (χ3n) is 7.32. The zero-order valence-electron chi connectivity index (χ0n) is 24.9. The molecule has 236 valence electrons. The average molecular weight is 732 g/mol. The minimum Gasteiger partial charge on any atom is -0.352 e. The number of amides is 2. The van der Waals surface area contributed by atoms with Gasteiger partial charge < -0.3 is 10.2 Å². The summed E-state index contributed by atoms with van der Waals surface area (Å²) in [5.41, 5.74) is 1.65. The fourth-order valence-corrected chi connectivity index (χ4v) is 7.09. The molecule has 7 nitrogen and oxygen atoms in total. The number of nitrogens with zero attached hydrogens (tertiary/aromatic N) is 2. The molecule has 0 bridgehead atoms. The van der Waals surface area contributed by atoms with E-state index in [1.54, 1.807) is 24.3 Å². The third-order valence-corrected chi connectivity index (χ3v) is 10.4. The molecule has 4 aromatic carbocycles. The molecule has 11 heteroatoms. The molecule has 0 aliphatic carbocycles. The molecule has 0 aliphatic rings. The lowest BCUT2D eigenvalue weighted by Gasteiger charge is -2.34. The number of carbonyl (C=O) groups excluding carboxylic acids is 2. The van der Waals surface area contributed by atoms with Crippen LogP contribution in [0.2, 0.25) is 10.0 Å². The van der Waals surface area contributed by atoms with Gasteiger partial charge in [-0.25, -0.2) is 8.42 Å². The van der Waals surface area contributed by atoms with E-state index in [2.05, 4.69) is 21.2 Å². The first kappa shape index (κ1) is 34.5. The smallest absolute Gasteiger partial charge is 0.264 e. The summed E-state index contributed by atoms with van der Waals surface area (Å²) in [5.74, 6) is -0.930. The van der Waals surface area contributed by atoms with Gasteiger partial charge in [-0.15, -0.1) is 0 Å². The van der Waals surface area contributed by atoms with Crippen LogP contribution in [0.5, 0.6) is 0 Å². The molecule has 0 aliphatic heterocycles. The van der Waals surface area contributed by atoms with Gasteiger partial charge in [-0.2, -0.15) is 0 Å². The van der Waals surface area contributed by atoms with E-state index in [9.17, 15) is 18.0 Å². The van der Waals surface area contributed by atoms with Gasteiger partial charge in [0.1, 0.15) is 12.6 Å². The van der Waals surface area contributed by atoms with Gasteiger partial charge in [-0.3, -0.25) is 13.9 Å². The minimum absolute atomic E-state index is 0.0136. The number of carbonyl (C=O) groups is 2. The van der Waals surface area contributed by atoms with E-state index in [1.807, 2.05) is 68.4 Å². The van der Waals surface area contributed by atoms with Crippen molar-refractivity contribution in [3.8, 4) is 0 Å². The van der Waals surface area contributed by atoms with E-state index >= 15 is 0 Å². The van der Waals surface area contributed by atoms with Gasteiger partial charge in [0.2, 0.25) is 11.8 Å². The second kappa shape index (κ2) is 15.8. The van der Waals surface area contributed by atoms with Crippen LogP contribution in [0.3, 0.4) is 0 Å².